The summed E-state index contributed by atoms with van der Waals surface area (Å²) in [6, 6.07) is 6.00. The van der Waals surface area contributed by atoms with Crippen molar-refractivity contribution in [3.63, 3.8) is 0 Å². The number of aliphatic carboxylic acids is 1. The molecule has 1 saturated heterocycles. The molecule has 1 fully saturated rings. The third kappa shape index (κ3) is 2.96. The zero-order valence-corrected chi connectivity index (χ0v) is 14.5. The largest absolute Gasteiger partial charge is 0.480 e. The molecule has 6 nitrogen and oxygen atoms in total. The molecule has 3 heterocycles. The molecule has 25 heavy (non-hydrogen) atoms. The van der Waals surface area contributed by atoms with Crippen LogP contribution < -0.4 is 5.73 Å². The van der Waals surface area contributed by atoms with Gasteiger partial charge in [-0.1, -0.05) is 17.7 Å². The number of rotatable bonds is 4. The van der Waals surface area contributed by atoms with Gasteiger partial charge in [0.15, 0.2) is 0 Å². The van der Waals surface area contributed by atoms with Crippen LogP contribution in [0.25, 0.3) is 5.69 Å². The van der Waals surface area contributed by atoms with Crippen molar-refractivity contribution in [2.75, 3.05) is 13.1 Å². The number of carboxylic acids is 1. The molecule has 2 aliphatic heterocycles. The van der Waals surface area contributed by atoms with E-state index in [1.165, 1.54) is 16.8 Å². The predicted octanol–water partition coefficient (Wildman–Crippen LogP) is 1.31. The lowest BCUT2D eigenvalue weighted by atomic mass is 9.97. The van der Waals surface area contributed by atoms with Crippen molar-refractivity contribution in [3.8, 4) is 5.69 Å². The molecule has 1 aromatic carbocycles. The Bertz CT molecular complexity index is 814. The van der Waals surface area contributed by atoms with Crippen molar-refractivity contribution in [2.24, 2.45) is 5.73 Å². The van der Waals surface area contributed by atoms with Crippen LogP contribution in [-0.4, -0.2) is 50.7 Å². The van der Waals surface area contributed by atoms with Crippen LogP contribution in [0.3, 0.4) is 0 Å². The molecule has 4 rings (SSSR count). The summed E-state index contributed by atoms with van der Waals surface area (Å²) in [5.74, 6) is -0.789. The Hall–Kier alpha value is -2.18. The Balaban J connectivity index is 1.62. The van der Waals surface area contributed by atoms with Crippen molar-refractivity contribution in [3.05, 3.63) is 47.0 Å². The van der Waals surface area contributed by atoms with Crippen LogP contribution in [0.4, 0.5) is 0 Å². The quantitative estimate of drug-likeness (QED) is 0.877. The highest BCUT2D eigenvalue weighted by Crippen LogP contribution is 2.28. The number of carboxylic acid groups (broad SMARTS) is 1. The van der Waals surface area contributed by atoms with E-state index in [0.29, 0.717) is 13.0 Å². The summed E-state index contributed by atoms with van der Waals surface area (Å²) in [5.41, 5.74) is 11.8. The fourth-order valence-electron chi connectivity index (χ4n) is 4.11. The number of nitrogens with two attached hydrogens (primary N) is 1. The van der Waals surface area contributed by atoms with Crippen molar-refractivity contribution >= 4 is 5.97 Å². The fraction of sp³-hybridized carbons (Fsp3) is 0.474. The maximum absolute atomic E-state index is 11.8. The van der Waals surface area contributed by atoms with Crippen molar-refractivity contribution < 1.29 is 9.90 Å². The van der Waals surface area contributed by atoms with Gasteiger partial charge in [-0.05, 0) is 37.8 Å². The SMILES string of the molecule is Cc1ccc2c(c1)CCc1c(CC(C(=O)O)N3CCC(N)C3)ncn1-2. The number of carbonyl (C=O) groups is 1. The number of aryl methyl sites for hydroxylation is 2. The first kappa shape index (κ1) is 16.3. The number of aromatic nitrogens is 2. The Morgan fingerprint density at radius 2 is 2.28 bits per heavy atom. The van der Waals surface area contributed by atoms with Crippen molar-refractivity contribution in [2.45, 2.75) is 44.7 Å². The lowest BCUT2D eigenvalue weighted by Gasteiger charge is -2.25. The van der Waals surface area contributed by atoms with Crippen LogP contribution in [0, 0.1) is 6.92 Å². The minimum atomic E-state index is -0.789. The molecule has 2 atom stereocenters. The van der Waals surface area contributed by atoms with Crippen LogP contribution in [0.1, 0.15) is 28.9 Å². The molecule has 0 saturated carbocycles. The molecule has 2 unspecified atom stereocenters. The second-order valence-electron chi connectivity index (χ2n) is 7.24. The van der Waals surface area contributed by atoms with Gasteiger partial charge in [0.05, 0.1) is 12.0 Å². The molecule has 2 aliphatic rings. The molecular weight excluding hydrogens is 316 g/mol. The maximum Gasteiger partial charge on any atom is 0.321 e. The fourth-order valence-corrected chi connectivity index (χ4v) is 4.11. The first-order valence-corrected chi connectivity index (χ1v) is 8.90. The molecule has 1 aromatic heterocycles. The van der Waals surface area contributed by atoms with Gasteiger partial charge in [0, 0.05) is 36.9 Å². The van der Waals surface area contributed by atoms with E-state index in [1.807, 2.05) is 11.2 Å². The Morgan fingerprint density at radius 3 is 3.00 bits per heavy atom. The van der Waals surface area contributed by atoms with Gasteiger partial charge < -0.3 is 15.4 Å². The number of hydrogen-bond donors (Lipinski definition) is 2. The van der Waals surface area contributed by atoms with E-state index in [2.05, 4.69) is 34.7 Å². The number of hydrogen-bond acceptors (Lipinski definition) is 4. The van der Waals surface area contributed by atoms with E-state index in [1.54, 1.807) is 0 Å². The van der Waals surface area contributed by atoms with Crippen LogP contribution >= 0.6 is 0 Å². The average molecular weight is 340 g/mol. The lowest BCUT2D eigenvalue weighted by molar-refractivity contribution is -0.142. The van der Waals surface area contributed by atoms with Crippen LogP contribution in [0.5, 0.6) is 0 Å². The standard InChI is InChI=1S/C19H24N4O2/c1-12-2-4-16-13(8-12)3-5-17-15(21-11-23(16)17)9-18(19(24)25)22-7-6-14(20)10-22/h2,4,8,11,14,18H,3,5-7,9-10,20H2,1H3,(H,24,25). The Kier molecular flexibility index (Phi) is 4.09. The predicted molar refractivity (Wildman–Crippen MR) is 95.0 cm³/mol. The third-order valence-corrected chi connectivity index (χ3v) is 5.45. The summed E-state index contributed by atoms with van der Waals surface area (Å²) < 4.78 is 2.13. The van der Waals surface area contributed by atoms with Crippen molar-refractivity contribution in [1.82, 2.24) is 14.5 Å². The monoisotopic (exact) mass is 340 g/mol. The summed E-state index contributed by atoms with van der Waals surface area (Å²) in [6.45, 7) is 3.50. The number of nitrogens with zero attached hydrogens (tertiary/aromatic N) is 3. The summed E-state index contributed by atoms with van der Waals surface area (Å²) in [5, 5.41) is 9.69. The molecular formula is C19H24N4O2. The molecule has 0 spiro atoms. The highest BCUT2D eigenvalue weighted by molar-refractivity contribution is 5.74. The van der Waals surface area contributed by atoms with E-state index in [9.17, 15) is 9.90 Å². The van der Waals surface area contributed by atoms with Gasteiger partial charge in [0.1, 0.15) is 6.04 Å². The lowest BCUT2D eigenvalue weighted by Crippen LogP contribution is -2.42. The minimum absolute atomic E-state index is 0.0767. The number of benzene rings is 1. The van der Waals surface area contributed by atoms with E-state index in [0.717, 1.165) is 37.2 Å². The van der Waals surface area contributed by atoms with E-state index < -0.39 is 12.0 Å². The molecule has 6 heteroatoms. The normalized spacial score (nSPS) is 21.0. The third-order valence-electron chi connectivity index (χ3n) is 5.45. The van der Waals surface area contributed by atoms with Crippen LogP contribution in [-0.2, 0) is 24.1 Å². The van der Waals surface area contributed by atoms with Crippen LogP contribution in [0.2, 0.25) is 0 Å². The maximum atomic E-state index is 11.8. The number of likely N-dealkylation sites (tertiary alicyclic amines) is 1. The molecule has 132 valence electrons. The molecule has 0 bridgehead atoms. The first-order chi connectivity index (χ1) is 12.0. The van der Waals surface area contributed by atoms with E-state index in [-0.39, 0.29) is 6.04 Å². The summed E-state index contributed by atoms with van der Waals surface area (Å²) in [4.78, 5) is 18.4. The zero-order valence-electron chi connectivity index (χ0n) is 14.5. The van der Waals surface area contributed by atoms with Gasteiger partial charge in [-0.3, -0.25) is 9.69 Å². The van der Waals surface area contributed by atoms with Gasteiger partial charge in [-0.15, -0.1) is 0 Å². The topological polar surface area (TPSA) is 84.4 Å². The summed E-state index contributed by atoms with van der Waals surface area (Å²) >= 11 is 0. The zero-order chi connectivity index (χ0) is 17.6. The van der Waals surface area contributed by atoms with Crippen molar-refractivity contribution in [1.29, 1.82) is 0 Å². The minimum Gasteiger partial charge on any atom is -0.480 e. The molecule has 0 amide bonds. The number of imidazole rings is 1. The average Bonchev–Trinajstić information content (AvgIpc) is 3.18. The molecule has 0 aliphatic carbocycles. The highest BCUT2D eigenvalue weighted by atomic mass is 16.4. The van der Waals surface area contributed by atoms with E-state index >= 15 is 0 Å². The Morgan fingerprint density at radius 1 is 1.44 bits per heavy atom. The summed E-state index contributed by atoms with van der Waals surface area (Å²) in [7, 11) is 0. The molecule has 0 radical (unpaired) electrons. The molecule has 3 N–H and O–H groups in total. The Labute approximate surface area is 147 Å². The first-order valence-electron chi connectivity index (χ1n) is 8.90. The summed E-state index contributed by atoms with van der Waals surface area (Å²) in [6.07, 6.45) is 5.01. The van der Waals surface area contributed by atoms with Gasteiger partial charge in [-0.25, -0.2) is 4.98 Å². The highest BCUT2D eigenvalue weighted by Gasteiger charge is 2.33. The van der Waals surface area contributed by atoms with Gasteiger partial charge in [-0.2, -0.15) is 0 Å². The van der Waals surface area contributed by atoms with E-state index in [4.69, 9.17) is 5.73 Å². The number of fused-ring (bicyclic) bond motifs is 3. The smallest absolute Gasteiger partial charge is 0.321 e. The van der Waals surface area contributed by atoms with Gasteiger partial charge in [0.25, 0.3) is 0 Å². The van der Waals surface area contributed by atoms with Crippen LogP contribution in [0.15, 0.2) is 24.5 Å². The molecule has 2 aromatic rings. The second kappa shape index (κ2) is 6.28. The van der Waals surface area contributed by atoms with Gasteiger partial charge in [0.2, 0.25) is 0 Å². The van der Waals surface area contributed by atoms with Gasteiger partial charge >= 0.3 is 5.97 Å². The second-order valence-corrected chi connectivity index (χ2v) is 7.24.